The second-order valence-corrected chi connectivity index (χ2v) is 8.22. The van der Waals surface area contributed by atoms with Crippen LogP contribution in [0.5, 0.6) is 0 Å². The SMILES string of the molecule is CCOC(=O)c1sc(Nc2nc(Cl)cc(N3CCC(N(C)C)CC3)n2)nc1C. The predicted octanol–water partition coefficient (Wildman–Crippen LogP) is 3.35. The lowest BCUT2D eigenvalue weighted by atomic mass is 10.0. The van der Waals surface area contributed by atoms with Crippen LogP contribution < -0.4 is 10.2 Å². The van der Waals surface area contributed by atoms with Crippen LogP contribution in [0.2, 0.25) is 5.15 Å². The number of anilines is 3. The molecule has 3 rings (SSSR count). The third kappa shape index (κ3) is 4.89. The minimum absolute atomic E-state index is 0.324. The molecule has 0 aromatic carbocycles. The first-order valence-corrected chi connectivity index (χ1v) is 10.4. The summed E-state index contributed by atoms with van der Waals surface area (Å²) in [7, 11) is 4.23. The molecule has 10 heteroatoms. The highest BCUT2D eigenvalue weighted by molar-refractivity contribution is 7.17. The van der Waals surface area contributed by atoms with Gasteiger partial charge in [-0.1, -0.05) is 22.9 Å². The number of hydrogen-bond acceptors (Lipinski definition) is 9. The molecule has 1 aliphatic rings. The number of hydrogen-bond donors (Lipinski definition) is 1. The molecule has 0 saturated carbocycles. The average Bonchev–Trinajstić information content (AvgIpc) is 3.01. The highest BCUT2D eigenvalue weighted by Gasteiger charge is 2.23. The zero-order valence-corrected chi connectivity index (χ0v) is 18.1. The molecule has 0 atom stereocenters. The van der Waals surface area contributed by atoms with Gasteiger partial charge in [-0.05, 0) is 40.8 Å². The first-order valence-electron chi connectivity index (χ1n) is 9.25. The predicted molar refractivity (Wildman–Crippen MR) is 112 cm³/mol. The van der Waals surface area contributed by atoms with E-state index in [1.165, 1.54) is 11.3 Å². The maximum absolute atomic E-state index is 12.0. The molecule has 1 N–H and O–H groups in total. The van der Waals surface area contributed by atoms with E-state index in [9.17, 15) is 4.79 Å². The van der Waals surface area contributed by atoms with Crippen molar-refractivity contribution in [1.82, 2.24) is 19.9 Å². The molecule has 1 fully saturated rings. The van der Waals surface area contributed by atoms with Crippen molar-refractivity contribution in [3.05, 3.63) is 21.8 Å². The van der Waals surface area contributed by atoms with Crippen molar-refractivity contribution in [3.8, 4) is 0 Å². The van der Waals surface area contributed by atoms with E-state index in [0.29, 0.717) is 39.5 Å². The molecule has 1 aliphatic heterocycles. The number of nitrogens with zero attached hydrogens (tertiary/aromatic N) is 5. The Balaban J connectivity index is 1.74. The zero-order valence-electron chi connectivity index (χ0n) is 16.5. The molecular weight excluding hydrogens is 400 g/mol. The van der Waals surface area contributed by atoms with Crippen molar-refractivity contribution >= 4 is 45.8 Å². The number of thiazole rings is 1. The number of ether oxygens (including phenoxy) is 1. The average molecular weight is 425 g/mol. The molecule has 2 aromatic heterocycles. The molecule has 8 nitrogen and oxygen atoms in total. The summed E-state index contributed by atoms with van der Waals surface area (Å²) in [6, 6.07) is 2.37. The lowest BCUT2D eigenvalue weighted by Crippen LogP contribution is -2.42. The number of carbonyl (C=O) groups is 1. The third-order valence-corrected chi connectivity index (χ3v) is 5.92. The van der Waals surface area contributed by atoms with Gasteiger partial charge < -0.3 is 14.5 Å². The molecule has 1 saturated heterocycles. The Morgan fingerprint density at radius 2 is 2.07 bits per heavy atom. The van der Waals surface area contributed by atoms with Crippen LogP contribution in [-0.2, 0) is 4.74 Å². The molecule has 152 valence electrons. The van der Waals surface area contributed by atoms with E-state index < -0.39 is 0 Å². The molecule has 0 radical (unpaired) electrons. The van der Waals surface area contributed by atoms with Crippen LogP contribution in [0.3, 0.4) is 0 Å². The maximum atomic E-state index is 12.0. The fourth-order valence-electron chi connectivity index (χ4n) is 3.17. The number of rotatable bonds is 6. The lowest BCUT2D eigenvalue weighted by molar-refractivity contribution is 0.0531. The van der Waals surface area contributed by atoms with Gasteiger partial charge in [-0.3, -0.25) is 5.32 Å². The molecule has 0 amide bonds. The highest BCUT2D eigenvalue weighted by atomic mass is 35.5. The van der Waals surface area contributed by atoms with Crippen molar-refractivity contribution in [2.24, 2.45) is 0 Å². The number of aromatic nitrogens is 3. The van der Waals surface area contributed by atoms with Gasteiger partial charge in [0.2, 0.25) is 5.95 Å². The van der Waals surface area contributed by atoms with Crippen LogP contribution in [0.15, 0.2) is 6.07 Å². The molecule has 0 spiro atoms. The summed E-state index contributed by atoms with van der Waals surface area (Å²) in [5, 5.41) is 3.96. The molecule has 0 aliphatic carbocycles. The van der Waals surface area contributed by atoms with Gasteiger partial charge >= 0.3 is 5.97 Å². The molecule has 28 heavy (non-hydrogen) atoms. The Morgan fingerprint density at radius 3 is 2.71 bits per heavy atom. The lowest BCUT2D eigenvalue weighted by Gasteiger charge is -2.35. The smallest absolute Gasteiger partial charge is 0.350 e. The quantitative estimate of drug-likeness (QED) is 0.558. The number of carbonyl (C=O) groups excluding carboxylic acids is 1. The van der Waals surface area contributed by atoms with Crippen LogP contribution in [0, 0.1) is 6.92 Å². The third-order valence-electron chi connectivity index (χ3n) is 4.68. The summed E-state index contributed by atoms with van der Waals surface area (Å²) < 4.78 is 5.06. The Labute approximate surface area is 173 Å². The van der Waals surface area contributed by atoms with E-state index in [4.69, 9.17) is 16.3 Å². The standard InChI is InChI=1S/C18H25ClN6O2S/c1-5-27-16(26)15-11(2)20-18(28-15)23-17-21-13(19)10-14(22-17)25-8-6-12(7-9-25)24(3)4/h10,12H,5-9H2,1-4H3,(H,20,21,22,23). The van der Waals surface area contributed by atoms with Gasteiger partial charge in [-0.25, -0.2) is 14.8 Å². The van der Waals surface area contributed by atoms with Crippen molar-refractivity contribution in [2.75, 3.05) is 44.0 Å². The fourth-order valence-corrected chi connectivity index (χ4v) is 4.20. The Hall–Kier alpha value is -1.97. The van der Waals surface area contributed by atoms with Crippen molar-refractivity contribution in [1.29, 1.82) is 0 Å². The number of halogens is 1. The van der Waals surface area contributed by atoms with Crippen LogP contribution in [0.1, 0.15) is 35.1 Å². The fraction of sp³-hybridized carbons (Fsp3) is 0.556. The Bertz CT molecular complexity index is 835. The minimum Gasteiger partial charge on any atom is -0.462 e. The van der Waals surface area contributed by atoms with Gasteiger partial charge in [0.1, 0.15) is 15.8 Å². The van der Waals surface area contributed by atoms with Gasteiger partial charge in [-0.2, -0.15) is 4.98 Å². The van der Waals surface area contributed by atoms with E-state index in [2.05, 4.69) is 44.2 Å². The summed E-state index contributed by atoms with van der Waals surface area (Å²) in [5.41, 5.74) is 0.610. The van der Waals surface area contributed by atoms with Gasteiger partial charge in [0.05, 0.1) is 12.3 Å². The largest absolute Gasteiger partial charge is 0.462 e. The number of piperidine rings is 1. The van der Waals surface area contributed by atoms with E-state index >= 15 is 0 Å². The first kappa shape index (κ1) is 20.8. The van der Waals surface area contributed by atoms with Crippen molar-refractivity contribution in [3.63, 3.8) is 0 Å². The summed E-state index contributed by atoms with van der Waals surface area (Å²) in [6.45, 7) is 5.70. The Kier molecular flexibility index (Phi) is 6.69. The van der Waals surface area contributed by atoms with E-state index in [0.717, 1.165) is 31.7 Å². The van der Waals surface area contributed by atoms with E-state index in [1.54, 1.807) is 19.9 Å². The van der Waals surface area contributed by atoms with Gasteiger partial charge in [0, 0.05) is 25.2 Å². The van der Waals surface area contributed by atoms with E-state index in [-0.39, 0.29) is 5.97 Å². The first-order chi connectivity index (χ1) is 13.4. The van der Waals surface area contributed by atoms with Crippen molar-refractivity contribution < 1.29 is 9.53 Å². The summed E-state index contributed by atoms with van der Waals surface area (Å²) in [5.74, 6) is 0.780. The van der Waals surface area contributed by atoms with Gasteiger partial charge in [-0.15, -0.1) is 0 Å². The Morgan fingerprint density at radius 1 is 1.36 bits per heavy atom. The molecule has 0 bridgehead atoms. The van der Waals surface area contributed by atoms with Crippen LogP contribution in [0.4, 0.5) is 16.9 Å². The van der Waals surface area contributed by atoms with Gasteiger partial charge in [0.25, 0.3) is 0 Å². The van der Waals surface area contributed by atoms with Crippen molar-refractivity contribution in [2.45, 2.75) is 32.7 Å². The highest BCUT2D eigenvalue weighted by Crippen LogP contribution is 2.28. The number of nitrogens with one attached hydrogen (secondary N) is 1. The maximum Gasteiger partial charge on any atom is 0.350 e. The topological polar surface area (TPSA) is 83.5 Å². The normalized spacial score (nSPS) is 15.1. The second kappa shape index (κ2) is 9.02. The van der Waals surface area contributed by atoms with Crippen LogP contribution in [-0.4, -0.2) is 65.7 Å². The second-order valence-electron chi connectivity index (χ2n) is 6.83. The summed E-state index contributed by atoms with van der Waals surface area (Å²) in [4.78, 5) is 30.2. The molecule has 0 unspecified atom stereocenters. The number of aryl methyl sites for hydroxylation is 1. The monoisotopic (exact) mass is 424 g/mol. The van der Waals surface area contributed by atoms with Crippen LogP contribution in [0.25, 0.3) is 0 Å². The van der Waals surface area contributed by atoms with Crippen LogP contribution >= 0.6 is 22.9 Å². The summed E-state index contributed by atoms with van der Waals surface area (Å²) >= 11 is 7.44. The summed E-state index contributed by atoms with van der Waals surface area (Å²) in [6.07, 6.45) is 2.15. The van der Waals surface area contributed by atoms with Gasteiger partial charge in [0.15, 0.2) is 5.13 Å². The molecule has 2 aromatic rings. The number of esters is 1. The minimum atomic E-state index is -0.373. The zero-order chi connectivity index (χ0) is 20.3. The van der Waals surface area contributed by atoms with E-state index in [1.807, 2.05) is 0 Å². The molecular formula is C18H25ClN6O2S. The molecule has 3 heterocycles.